The lowest BCUT2D eigenvalue weighted by atomic mass is 10.0. The van der Waals surface area contributed by atoms with Crippen LogP contribution in [0.15, 0.2) is 12.1 Å². The molecule has 0 atom stereocenters. The zero-order chi connectivity index (χ0) is 20.0. The Morgan fingerprint density at radius 2 is 1.85 bits per heavy atom. The number of carbonyl (C=O) groups excluding carboxylic acids is 1. The number of nitrogens with one attached hydrogen (secondary N) is 2. The van der Waals surface area contributed by atoms with Gasteiger partial charge in [0.1, 0.15) is 5.69 Å². The summed E-state index contributed by atoms with van der Waals surface area (Å²) < 4.78 is 21.1. The molecule has 0 radical (unpaired) electrons. The van der Waals surface area contributed by atoms with Gasteiger partial charge in [-0.05, 0) is 12.1 Å². The molecular formula is C18H23ClN2O6. The van der Waals surface area contributed by atoms with Crippen LogP contribution in [0, 0.1) is 0 Å². The fourth-order valence-electron chi connectivity index (χ4n) is 2.77. The van der Waals surface area contributed by atoms with Crippen LogP contribution in [0.1, 0.15) is 16.2 Å². The molecule has 0 saturated carbocycles. The van der Waals surface area contributed by atoms with E-state index in [1.807, 2.05) is 0 Å². The van der Waals surface area contributed by atoms with Gasteiger partial charge in [0.2, 0.25) is 5.75 Å². The highest BCUT2D eigenvalue weighted by Gasteiger charge is 2.26. The number of aliphatic hydroxyl groups excluding tert-OH is 1. The SMILES string of the molecule is COC(=O)c1[nH]c(CNCCO)c(-c2ccc(OC)c(OC)c2OC)c1Cl. The second-order valence-electron chi connectivity index (χ2n) is 5.44. The van der Waals surface area contributed by atoms with Gasteiger partial charge in [-0.2, -0.15) is 0 Å². The molecule has 0 amide bonds. The third kappa shape index (κ3) is 4.13. The lowest BCUT2D eigenvalue weighted by molar-refractivity contribution is 0.0595. The molecule has 0 saturated heterocycles. The third-order valence-corrected chi connectivity index (χ3v) is 4.35. The molecule has 9 heteroatoms. The number of methoxy groups -OCH3 is 4. The summed E-state index contributed by atoms with van der Waals surface area (Å²) in [5.74, 6) is 0.730. The number of carbonyl (C=O) groups is 1. The van der Waals surface area contributed by atoms with Crippen LogP contribution >= 0.6 is 11.6 Å². The molecule has 27 heavy (non-hydrogen) atoms. The predicted molar refractivity (Wildman–Crippen MR) is 101 cm³/mol. The van der Waals surface area contributed by atoms with Crippen LogP contribution in [0.5, 0.6) is 17.2 Å². The number of ether oxygens (including phenoxy) is 4. The first-order chi connectivity index (χ1) is 13.0. The van der Waals surface area contributed by atoms with Gasteiger partial charge in [0.05, 0.1) is 40.1 Å². The minimum Gasteiger partial charge on any atom is -0.493 e. The molecule has 8 nitrogen and oxygen atoms in total. The maximum absolute atomic E-state index is 12.1. The summed E-state index contributed by atoms with van der Waals surface area (Å²) in [6.07, 6.45) is 0. The Kier molecular flexibility index (Phi) is 7.35. The number of aromatic nitrogens is 1. The van der Waals surface area contributed by atoms with Crippen molar-refractivity contribution in [1.82, 2.24) is 10.3 Å². The van der Waals surface area contributed by atoms with E-state index in [2.05, 4.69) is 10.3 Å². The monoisotopic (exact) mass is 398 g/mol. The lowest BCUT2D eigenvalue weighted by Crippen LogP contribution is -2.18. The molecule has 0 aliphatic carbocycles. The molecule has 3 N–H and O–H groups in total. The second-order valence-corrected chi connectivity index (χ2v) is 5.82. The van der Waals surface area contributed by atoms with Crippen molar-refractivity contribution in [3.05, 3.63) is 28.5 Å². The first-order valence-corrected chi connectivity index (χ1v) is 8.51. The number of rotatable bonds is 9. The zero-order valence-corrected chi connectivity index (χ0v) is 16.4. The Morgan fingerprint density at radius 1 is 1.15 bits per heavy atom. The Balaban J connectivity index is 2.68. The summed E-state index contributed by atoms with van der Waals surface area (Å²) in [5.41, 5.74) is 1.96. The summed E-state index contributed by atoms with van der Waals surface area (Å²) in [4.78, 5) is 15.1. The van der Waals surface area contributed by atoms with Gasteiger partial charge in [0.25, 0.3) is 0 Å². The number of benzene rings is 1. The van der Waals surface area contributed by atoms with Crippen molar-refractivity contribution >= 4 is 17.6 Å². The van der Waals surface area contributed by atoms with Crippen LogP contribution in [0.3, 0.4) is 0 Å². The van der Waals surface area contributed by atoms with E-state index < -0.39 is 5.97 Å². The van der Waals surface area contributed by atoms with Gasteiger partial charge < -0.3 is 34.4 Å². The fraction of sp³-hybridized carbons (Fsp3) is 0.389. The Hall–Kier alpha value is -2.42. The van der Waals surface area contributed by atoms with E-state index in [9.17, 15) is 4.79 Å². The number of hydrogen-bond donors (Lipinski definition) is 3. The number of aromatic amines is 1. The van der Waals surface area contributed by atoms with Gasteiger partial charge in [-0.1, -0.05) is 11.6 Å². The molecule has 1 heterocycles. The van der Waals surface area contributed by atoms with Crippen LogP contribution in [0.4, 0.5) is 0 Å². The van der Waals surface area contributed by atoms with Crippen molar-refractivity contribution in [3.63, 3.8) is 0 Å². The van der Waals surface area contributed by atoms with Gasteiger partial charge in [0.15, 0.2) is 11.5 Å². The van der Waals surface area contributed by atoms with Crippen molar-refractivity contribution in [2.75, 3.05) is 41.6 Å². The minimum absolute atomic E-state index is 0.0205. The Morgan fingerprint density at radius 3 is 2.41 bits per heavy atom. The molecule has 0 unspecified atom stereocenters. The number of H-pyrrole nitrogens is 1. The van der Waals surface area contributed by atoms with Crippen LogP contribution in [-0.4, -0.2) is 57.7 Å². The van der Waals surface area contributed by atoms with Crippen molar-refractivity contribution in [2.24, 2.45) is 0 Å². The average molecular weight is 399 g/mol. The molecule has 148 valence electrons. The minimum atomic E-state index is -0.589. The summed E-state index contributed by atoms with van der Waals surface area (Å²) in [7, 11) is 5.82. The van der Waals surface area contributed by atoms with Gasteiger partial charge in [-0.25, -0.2) is 4.79 Å². The highest BCUT2D eigenvalue weighted by molar-refractivity contribution is 6.36. The molecule has 0 aliphatic heterocycles. The highest BCUT2D eigenvalue weighted by Crippen LogP contribution is 2.47. The van der Waals surface area contributed by atoms with Crippen molar-refractivity contribution in [2.45, 2.75) is 6.54 Å². The predicted octanol–water partition coefficient (Wildman–Crippen LogP) is 2.23. The molecule has 1 aromatic carbocycles. The van der Waals surface area contributed by atoms with E-state index >= 15 is 0 Å². The van der Waals surface area contributed by atoms with Gasteiger partial charge >= 0.3 is 5.97 Å². The summed E-state index contributed by atoms with van der Waals surface area (Å²) in [6.45, 7) is 0.699. The summed E-state index contributed by atoms with van der Waals surface area (Å²) >= 11 is 6.51. The molecule has 0 spiro atoms. The quantitative estimate of drug-likeness (QED) is 0.439. The topological polar surface area (TPSA) is 102 Å². The molecular weight excluding hydrogens is 376 g/mol. The molecule has 2 rings (SSSR count). The molecule has 2 aromatic rings. The zero-order valence-electron chi connectivity index (χ0n) is 15.6. The molecule has 0 fully saturated rings. The fourth-order valence-corrected chi connectivity index (χ4v) is 3.11. The van der Waals surface area contributed by atoms with E-state index in [1.54, 1.807) is 12.1 Å². The van der Waals surface area contributed by atoms with E-state index in [4.69, 9.17) is 35.7 Å². The van der Waals surface area contributed by atoms with Crippen LogP contribution in [0.2, 0.25) is 5.02 Å². The number of halogens is 1. The average Bonchev–Trinajstić information content (AvgIpc) is 3.02. The Bertz CT molecular complexity index is 806. The largest absolute Gasteiger partial charge is 0.493 e. The maximum Gasteiger partial charge on any atom is 0.356 e. The van der Waals surface area contributed by atoms with E-state index in [1.165, 1.54) is 28.4 Å². The van der Waals surface area contributed by atoms with Crippen molar-refractivity contribution < 1.29 is 28.8 Å². The Labute approximate surface area is 162 Å². The first-order valence-electron chi connectivity index (χ1n) is 8.13. The van der Waals surface area contributed by atoms with Crippen molar-refractivity contribution in [1.29, 1.82) is 0 Å². The van der Waals surface area contributed by atoms with Gasteiger partial charge in [0, 0.05) is 29.9 Å². The normalized spacial score (nSPS) is 10.6. The van der Waals surface area contributed by atoms with Crippen LogP contribution in [0.25, 0.3) is 11.1 Å². The highest BCUT2D eigenvalue weighted by atomic mass is 35.5. The smallest absolute Gasteiger partial charge is 0.356 e. The van der Waals surface area contributed by atoms with Gasteiger partial charge in [-0.15, -0.1) is 0 Å². The van der Waals surface area contributed by atoms with E-state index in [-0.39, 0.29) is 17.3 Å². The maximum atomic E-state index is 12.1. The molecule has 0 aliphatic rings. The van der Waals surface area contributed by atoms with Crippen LogP contribution < -0.4 is 19.5 Å². The second kappa shape index (κ2) is 9.50. The van der Waals surface area contributed by atoms with Crippen LogP contribution in [-0.2, 0) is 11.3 Å². The first kappa shape index (κ1) is 20.9. The molecule has 1 aromatic heterocycles. The van der Waals surface area contributed by atoms with Crippen molar-refractivity contribution in [3.8, 4) is 28.4 Å². The number of aliphatic hydroxyl groups is 1. The number of esters is 1. The summed E-state index contributed by atoms with van der Waals surface area (Å²) in [5, 5.41) is 12.3. The van der Waals surface area contributed by atoms with Gasteiger partial charge in [-0.3, -0.25) is 0 Å². The standard InChI is InChI=1S/C18H23ClN2O6/c1-24-12-6-5-10(16(25-2)17(12)26-3)13-11(9-20-7-8-22)21-15(14(13)19)18(23)27-4/h5-6,20-22H,7-9H2,1-4H3. The van der Waals surface area contributed by atoms with E-state index in [0.29, 0.717) is 47.2 Å². The third-order valence-electron chi connectivity index (χ3n) is 3.97. The lowest BCUT2D eigenvalue weighted by Gasteiger charge is -2.16. The van der Waals surface area contributed by atoms with E-state index in [0.717, 1.165) is 0 Å². The number of hydrogen-bond acceptors (Lipinski definition) is 7. The molecule has 0 bridgehead atoms. The summed E-state index contributed by atoms with van der Waals surface area (Å²) in [6, 6.07) is 3.49.